The third kappa shape index (κ3) is 7.51. The number of halogens is 2. The third-order valence-electron chi connectivity index (χ3n) is 5.62. The number of carbonyl (C=O) groups excluding carboxylic acids is 3. The largest absolute Gasteiger partial charge is 0.461 e. The average Bonchev–Trinajstić information content (AvgIpc) is 3.22. The fraction of sp³-hybridized carbons (Fsp3) is 0.250. The summed E-state index contributed by atoms with van der Waals surface area (Å²) in [5.74, 6) is -1.70. The summed E-state index contributed by atoms with van der Waals surface area (Å²) in [6.07, 6.45) is -1.71. The molecule has 3 aromatic rings. The van der Waals surface area contributed by atoms with Crippen LogP contribution in [0.1, 0.15) is 33.2 Å². The molecule has 4 rings (SSSR count). The maximum absolute atomic E-state index is 13.0. The van der Waals surface area contributed by atoms with Gasteiger partial charge in [-0.15, -0.1) is 11.8 Å². The molecule has 0 amide bonds. The van der Waals surface area contributed by atoms with Crippen molar-refractivity contribution in [2.45, 2.75) is 36.4 Å². The van der Waals surface area contributed by atoms with Crippen molar-refractivity contribution in [2.75, 3.05) is 6.61 Å². The fourth-order valence-electron chi connectivity index (χ4n) is 3.77. The van der Waals surface area contributed by atoms with E-state index in [1.54, 1.807) is 48.5 Å². The number of ether oxygens (including phenoxy) is 4. The minimum absolute atomic E-state index is 0.117. The van der Waals surface area contributed by atoms with Gasteiger partial charge in [-0.25, -0.2) is 9.59 Å². The predicted molar refractivity (Wildman–Crippen MR) is 144 cm³/mol. The molecule has 0 aromatic heterocycles. The molecule has 0 bridgehead atoms. The summed E-state index contributed by atoms with van der Waals surface area (Å²) in [6.45, 7) is 1.36. The fourth-order valence-corrected chi connectivity index (χ4v) is 5.46. The molecule has 1 unspecified atom stereocenters. The Morgan fingerprint density at radius 1 is 0.763 bits per heavy atom. The number of esters is 3. The summed E-state index contributed by atoms with van der Waals surface area (Å²) in [4.78, 5) is 37.6. The van der Waals surface area contributed by atoms with Gasteiger partial charge in [0.15, 0.2) is 5.44 Å². The first-order valence-corrected chi connectivity index (χ1v) is 13.4. The second-order valence-electron chi connectivity index (χ2n) is 8.40. The normalized spacial score (nSPS) is 20.5. The smallest absolute Gasteiger partial charge is 0.338 e. The van der Waals surface area contributed by atoms with Crippen molar-refractivity contribution >= 4 is 52.9 Å². The molecule has 0 radical (unpaired) electrons. The Morgan fingerprint density at radius 2 is 1.34 bits per heavy atom. The molecule has 0 saturated carbocycles. The number of hydrogen-bond donors (Lipinski definition) is 0. The first-order valence-electron chi connectivity index (χ1n) is 11.7. The number of carbonyl (C=O) groups is 3. The summed E-state index contributed by atoms with van der Waals surface area (Å²) in [5.41, 5.74) is 0.701. The van der Waals surface area contributed by atoms with Crippen LogP contribution in [-0.2, 0) is 30.3 Å². The Balaban J connectivity index is 1.55. The molecule has 10 heteroatoms. The van der Waals surface area contributed by atoms with Crippen LogP contribution < -0.4 is 0 Å². The second-order valence-corrected chi connectivity index (χ2v) is 10.6. The van der Waals surface area contributed by atoms with Crippen LogP contribution in [0.15, 0.2) is 78.9 Å². The van der Waals surface area contributed by atoms with E-state index in [0.29, 0.717) is 15.6 Å². The van der Waals surface area contributed by atoms with Crippen LogP contribution in [0.4, 0.5) is 0 Å². The summed E-state index contributed by atoms with van der Waals surface area (Å²) in [6, 6.07) is 22.0. The Morgan fingerprint density at radius 3 is 1.92 bits per heavy atom. The number of thioether (sulfide) groups is 1. The molecular formula is C28H24Cl2O7S. The van der Waals surface area contributed by atoms with E-state index < -0.39 is 40.8 Å². The van der Waals surface area contributed by atoms with Gasteiger partial charge in [0.2, 0.25) is 0 Å². The summed E-state index contributed by atoms with van der Waals surface area (Å²) in [7, 11) is 0. The second kappa shape index (κ2) is 13.2. The van der Waals surface area contributed by atoms with Gasteiger partial charge in [-0.05, 0) is 54.1 Å². The van der Waals surface area contributed by atoms with Gasteiger partial charge in [0, 0.05) is 17.0 Å². The van der Waals surface area contributed by atoms with Gasteiger partial charge in [-0.1, -0.05) is 53.5 Å². The van der Waals surface area contributed by atoms with Crippen molar-refractivity contribution in [3.8, 4) is 0 Å². The first-order chi connectivity index (χ1) is 18.3. The van der Waals surface area contributed by atoms with Gasteiger partial charge in [0.1, 0.15) is 18.8 Å². The maximum Gasteiger partial charge on any atom is 0.338 e. The number of rotatable bonds is 9. The standard InChI is InChI=1S/C28H24Cl2O7S/c1-17(31)36-28-25(34-15-18-5-3-2-4-6-18)24(37-27(33)20-9-13-22(30)14-10-20)23(38-28)16-35-26(32)19-7-11-21(29)12-8-19/h2-14,23-25,28H,15-16H2,1H3/t23-,24+,25+,28?/m1/s1. The SMILES string of the molecule is CC(=O)OC1S[C@H](COC(=O)c2ccc(Cl)cc2)[C@H](OC(=O)c2ccc(Cl)cc2)[C@@H]1OCc1ccccc1. The van der Waals surface area contributed by atoms with Crippen molar-refractivity contribution < 1.29 is 33.3 Å². The molecule has 4 atom stereocenters. The quantitative estimate of drug-likeness (QED) is 0.228. The lowest BCUT2D eigenvalue weighted by Crippen LogP contribution is -2.41. The van der Waals surface area contributed by atoms with E-state index in [1.165, 1.54) is 18.7 Å². The van der Waals surface area contributed by atoms with E-state index in [4.69, 9.17) is 42.1 Å². The summed E-state index contributed by atoms with van der Waals surface area (Å²) < 4.78 is 23.1. The summed E-state index contributed by atoms with van der Waals surface area (Å²) in [5, 5.41) is 0.390. The molecule has 198 valence electrons. The van der Waals surface area contributed by atoms with E-state index in [1.807, 2.05) is 30.3 Å². The highest BCUT2D eigenvalue weighted by molar-refractivity contribution is 8.00. The zero-order chi connectivity index (χ0) is 27.1. The molecule has 1 aliphatic heterocycles. The van der Waals surface area contributed by atoms with Crippen molar-refractivity contribution in [2.24, 2.45) is 0 Å². The van der Waals surface area contributed by atoms with Crippen LogP contribution in [0.25, 0.3) is 0 Å². The predicted octanol–water partition coefficient (Wildman–Crippen LogP) is 5.97. The monoisotopic (exact) mass is 574 g/mol. The van der Waals surface area contributed by atoms with E-state index in [9.17, 15) is 14.4 Å². The van der Waals surface area contributed by atoms with E-state index in [-0.39, 0.29) is 18.8 Å². The average molecular weight is 575 g/mol. The van der Waals surface area contributed by atoms with Crippen LogP contribution in [0.5, 0.6) is 0 Å². The lowest BCUT2D eigenvalue weighted by atomic mass is 10.1. The molecule has 0 aliphatic carbocycles. The lowest BCUT2D eigenvalue weighted by Gasteiger charge is -2.25. The lowest BCUT2D eigenvalue weighted by molar-refractivity contribution is -0.152. The molecule has 1 saturated heterocycles. The minimum Gasteiger partial charge on any atom is -0.461 e. The maximum atomic E-state index is 13.0. The first kappa shape index (κ1) is 28.0. The van der Waals surface area contributed by atoms with Crippen LogP contribution in [-0.4, -0.2) is 47.4 Å². The molecular weight excluding hydrogens is 551 g/mol. The van der Waals surface area contributed by atoms with Crippen molar-refractivity contribution in [3.63, 3.8) is 0 Å². The molecule has 0 N–H and O–H groups in total. The Labute approximate surface area is 234 Å². The zero-order valence-electron chi connectivity index (χ0n) is 20.3. The van der Waals surface area contributed by atoms with Crippen LogP contribution in [0, 0.1) is 0 Å². The molecule has 0 spiro atoms. The molecule has 1 heterocycles. The minimum atomic E-state index is -0.894. The Bertz CT molecular complexity index is 1250. The highest BCUT2D eigenvalue weighted by Gasteiger charge is 2.50. The van der Waals surface area contributed by atoms with Gasteiger partial charge < -0.3 is 18.9 Å². The molecule has 38 heavy (non-hydrogen) atoms. The summed E-state index contributed by atoms with van der Waals surface area (Å²) >= 11 is 13.1. The molecule has 3 aromatic carbocycles. The van der Waals surface area contributed by atoms with Crippen LogP contribution in [0.2, 0.25) is 10.0 Å². The van der Waals surface area contributed by atoms with E-state index in [0.717, 1.165) is 5.56 Å². The Kier molecular flexibility index (Phi) is 9.69. The molecule has 1 aliphatic rings. The van der Waals surface area contributed by atoms with Crippen molar-refractivity contribution in [1.82, 2.24) is 0 Å². The van der Waals surface area contributed by atoms with Crippen molar-refractivity contribution in [1.29, 1.82) is 0 Å². The topological polar surface area (TPSA) is 88.1 Å². The van der Waals surface area contributed by atoms with Crippen LogP contribution >= 0.6 is 35.0 Å². The van der Waals surface area contributed by atoms with Crippen molar-refractivity contribution in [3.05, 3.63) is 106 Å². The highest BCUT2D eigenvalue weighted by atomic mass is 35.5. The van der Waals surface area contributed by atoms with E-state index in [2.05, 4.69) is 0 Å². The van der Waals surface area contributed by atoms with Gasteiger partial charge >= 0.3 is 17.9 Å². The Hall–Kier alpha value is -3.04. The molecule has 1 fully saturated rings. The van der Waals surface area contributed by atoms with Gasteiger partial charge in [-0.2, -0.15) is 0 Å². The van der Waals surface area contributed by atoms with Gasteiger partial charge in [0.05, 0.1) is 23.0 Å². The number of hydrogen-bond acceptors (Lipinski definition) is 8. The van der Waals surface area contributed by atoms with Crippen LogP contribution in [0.3, 0.4) is 0 Å². The molecule has 7 nitrogen and oxygen atoms in total. The third-order valence-corrected chi connectivity index (χ3v) is 7.51. The van der Waals surface area contributed by atoms with E-state index >= 15 is 0 Å². The number of benzene rings is 3. The zero-order valence-corrected chi connectivity index (χ0v) is 22.6. The highest BCUT2D eigenvalue weighted by Crippen LogP contribution is 2.40. The van der Waals surface area contributed by atoms with Gasteiger partial charge in [0.25, 0.3) is 0 Å². The van der Waals surface area contributed by atoms with Gasteiger partial charge in [-0.3, -0.25) is 4.79 Å².